The zero-order valence-electron chi connectivity index (χ0n) is 6.00. The monoisotopic (exact) mass is 150 g/mol. The molecule has 0 spiro atoms. The Bertz CT molecular complexity index is 114. The van der Waals surface area contributed by atoms with Crippen molar-refractivity contribution in [3.63, 3.8) is 0 Å². The third-order valence-electron chi connectivity index (χ3n) is 0.935. The van der Waals surface area contributed by atoms with E-state index in [-0.39, 0.29) is 6.61 Å². The molecule has 60 valence electrons. The molecule has 0 aromatic heterocycles. The summed E-state index contributed by atoms with van der Waals surface area (Å²) in [5.41, 5.74) is 0. The first kappa shape index (κ1) is 9.36. The third kappa shape index (κ3) is 2.77. The van der Waals surface area contributed by atoms with Crippen LogP contribution >= 0.6 is 0 Å². The molecule has 0 aliphatic heterocycles. The third-order valence-corrected chi connectivity index (χ3v) is 0.935. The van der Waals surface area contributed by atoms with Crippen LogP contribution in [0.25, 0.3) is 0 Å². The topological polar surface area (TPSA) is 46.5 Å². The van der Waals surface area contributed by atoms with Gasteiger partial charge in [0, 0.05) is 0 Å². The number of alkyl halides is 1. The summed E-state index contributed by atoms with van der Waals surface area (Å²) in [7, 11) is 0. The van der Waals surface area contributed by atoms with Gasteiger partial charge in [0.1, 0.15) is 0 Å². The van der Waals surface area contributed by atoms with Gasteiger partial charge in [-0.15, -0.1) is 0 Å². The summed E-state index contributed by atoms with van der Waals surface area (Å²) in [6.07, 6.45) is -3.21. The van der Waals surface area contributed by atoms with Crippen LogP contribution in [0.15, 0.2) is 0 Å². The van der Waals surface area contributed by atoms with E-state index in [1.807, 2.05) is 0 Å². The molecular weight excluding hydrogens is 139 g/mol. The van der Waals surface area contributed by atoms with Crippen LogP contribution < -0.4 is 0 Å². The second-order valence-corrected chi connectivity index (χ2v) is 1.89. The van der Waals surface area contributed by atoms with Crippen molar-refractivity contribution in [3.8, 4) is 0 Å². The minimum Gasteiger partial charge on any atom is -0.464 e. The first-order chi connectivity index (χ1) is 4.59. The van der Waals surface area contributed by atoms with E-state index >= 15 is 0 Å². The van der Waals surface area contributed by atoms with Crippen LogP contribution in [0.5, 0.6) is 0 Å². The van der Waals surface area contributed by atoms with Crippen molar-refractivity contribution in [1.29, 1.82) is 0 Å². The number of ether oxygens (including phenoxy) is 1. The fourth-order valence-corrected chi connectivity index (χ4v) is 0.419. The molecule has 0 unspecified atom stereocenters. The highest BCUT2D eigenvalue weighted by molar-refractivity contribution is 5.75. The quantitative estimate of drug-likeness (QED) is 0.587. The standard InChI is InChI=1S/C6H11FO3/c1-3-10-6(9)5(7)4(2)8/h4-5,8H,3H2,1-2H3/t4-,5+/m0/s1. The summed E-state index contributed by atoms with van der Waals surface area (Å²) in [6, 6.07) is 0. The van der Waals surface area contributed by atoms with Crippen molar-refractivity contribution in [2.24, 2.45) is 0 Å². The molecule has 0 aromatic carbocycles. The molecule has 0 aromatic rings. The van der Waals surface area contributed by atoms with Gasteiger partial charge in [-0.3, -0.25) is 0 Å². The molecule has 4 heteroatoms. The van der Waals surface area contributed by atoms with Crippen LogP contribution in [0.1, 0.15) is 13.8 Å². The number of aliphatic hydroxyl groups excluding tert-OH is 1. The fraction of sp³-hybridized carbons (Fsp3) is 0.833. The molecule has 0 saturated heterocycles. The Hall–Kier alpha value is -0.640. The van der Waals surface area contributed by atoms with Gasteiger partial charge in [0.15, 0.2) is 0 Å². The summed E-state index contributed by atoms with van der Waals surface area (Å²) in [5.74, 6) is -1.00. The lowest BCUT2D eigenvalue weighted by atomic mass is 10.2. The number of carbonyl (C=O) groups is 1. The Kier molecular flexibility index (Phi) is 3.95. The highest BCUT2D eigenvalue weighted by Crippen LogP contribution is 2.00. The summed E-state index contributed by atoms with van der Waals surface area (Å²) >= 11 is 0. The second kappa shape index (κ2) is 4.22. The van der Waals surface area contributed by atoms with Crippen LogP contribution in [-0.2, 0) is 9.53 Å². The molecule has 2 atom stereocenters. The van der Waals surface area contributed by atoms with Gasteiger partial charge in [-0.1, -0.05) is 0 Å². The van der Waals surface area contributed by atoms with Crippen LogP contribution in [0.3, 0.4) is 0 Å². The largest absolute Gasteiger partial charge is 0.464 e. The van der Waals surface area contributed by atoms with Crippen molar-refractivity contribution >= 4 is 5.97 Å². The number of esters is 1. The van der Waals surface area contributed by atoms with E-state index in [9.17, 15) is 9.18 Å². The summed E-state index contributed by atoms with van der Waals surface area (Å²) in [6.45, 7) is 2.90. The number of aliphatic hydroxyl groups is 1. The average molecular weight is 150 g/mol. The minimum atomic E-state index is -1.92. The van der Waals surface area contributed by atoms with Gasteiger partial charge in [-0.25, -0.2) is 9.18 Å². The molecule has 10 heavy (non-hydrogen) atoms. The minimum absolute atomic E-state index is 0.131. The fourth-order valence-electron chi connectivity index (χ4n) is 0.419. The Morgan fingerprint density at radius 3 is 2.60 bits per heavy atom. The SMILES string of the molecule is CCOC(=O)[C@H](F)[C@H](C)O. The lowest BCUT2D eigenvalue weighted by Gasteiger charge is -2.08. The van der Waals surface area contributed by atoms with Gasteiger partial charge in [-0.05, 0) is 13.8 Å². The molecule has 1 N–H and O–H groups in total. The predicted molar refractivity (Wildman–Crippen MR) is 33.2 cm³/mol. The first-order valence-electron chi connectivity index (χ1n) is 3.08. The Balaban J connectivity index is 3.71. The van der Waals surface area contributed by atoms with Gasteiger partial charge in [0.25, 0.3) is 0 Å². The van der Waals surface area contributed by atoms with E-state index in [1.165, 1.54) is 6.92 Å². The van der Waals surface area contributed by atoms with Crippen molar-refractivity contribution in [2.75, 3.05) is 6.61 Å². The summed E-state index contributed by atoms with van der Waals surface area (Å²) in [4.78, 5) is 10.4. The number of hydrogen-bond acceptors (Lipinski definition) is 3. The predicted octanol–water partition coefficient (Wildman–Crippen LogP) is 0.268. The number of carbonyl (C=O) groups excluding carboxylic acids is 1. The Morgan fingerprint density at radius 2 is 2.30 bits per heavy atom. The van der Waals surface area contributed by atoms with Crippen LogP contribution in [0.4, 0.5) is 4.39 Å². The highest BCUT2D eigenvalue weighted by atomic mass is 19.1. The van der Waals surface area contributed by atoms with Crippen LogP contribution in [-0.4, -0.2) is 30.0 Å². The van der Waals surface area contributed by atoms with Crippen molar-refractivity contribution in [1.82, 2.24) is 0 Å². The first-order valence-corrected chi connectivity index (χ1v) is 3.08. The second-order valence-electron chi connectivity index (χ2n) is 1.89. The van der Waals surface area contributed by atoms with Gasteiger partial charge in [0.2, 0.25) is 6.17 Å². The zero-order valence-corrected chi connectivity index (χ0v) is 6.00. The lowest BCUT2D eigenvalue weighted by Crippen LogP contribution is -2.29. The summed E-state index contributed by atoms with van der Waals surface area (Å²) < 4.78 is 16.7. The van der Waals surface area contributed by atoms with E-state index < -0.39 is 18.2 Å². The maximum Gasteiger partial charge on any atom is 0.343 e. The molecule has 0 bridgehead atoms. The Labute approximate surface area is 58.8 Å². The van der Waals surface area contributed by atoms with Crippen molar-refractivity contribution < 1.29 is 19.0 Å². The average Bonchev–Trinajstić information content (AvgIpc) is 1.87. The molecule has 0 saturated carbocycles. The van der Waals surface area contributed by atoms with E-state index in [1.54, 1.807) is 6.92 Å². The molecular formula is C6H11FO3. The van der Waals surface area contributed by atoms with Crippen molar-refractivity contribution in [3.05, 3.63) is 0 Å². The van der Waals surface area contributed by atoms with Gasteiger partial charge >= 0.3 is 5.97 Å². The molecule has 0 aliphatic rings. The molecule has 0 rings (SSSR count). The number of halogens is 1. The van der Waals surface area contributed by atoms with E-state index in [0.29, 0.717) is 0 Å². The van der Waals surface area contributed by atoms with Gasteiger partial charge in [0.05, 0.1) is 12.7 Å². The Morgan fingerprint density at radius 1 is 1.80 bits per heavy atom. The number of rotatable bonds is 3. The van der Waals surface area contributed by atoms with Gasteiger partial charge < -0.3 is 9.84 Å². The molecule has 0 heterocycles. The maximum atomic E-state index is 12.4. The normalized spacial score (nSPS) is 16.0. The molecule has 0 radical (unpaired) electrons. The van der Waals surface area contributed by atoms with E-state index in [0.717, 1.165) is 0 Å². The van der Waals surface area contributed by atoms with Crippen molar-refractivity contribution in [2.45, 2.75) is 26.1 Å². The van der Waals surface area contributed by atoms with Crippen LogP contribution in [0, 0.1) is 0 Å². The van der Waals surface area contributed by atoms with E-state index in [2.05, 4.69) is 4.74 Å². The molecule has 0 fully saturated rings. The lowest BCUT2D eigenvalue weighted by molar-refractivity contribution is -0.152. The highest BCUT2D eigenvalue weighted by Gasteiger charge is 2.23. The van der Waals surface area contributed by atoms with Gasteiger partial charge in [-0.2, -0.15) is 0 Å². The number of hydrogen-bond donors (Lipinski definition) is 1. The maximum absolute atomic E-state index is 12.4. The molecule has 0 aliphatic carbocycles. The van der Waals surface area contributed by atoms with E-state index in [4.69, 9.17) is 5.11 Å². The smallest absolute Gasteiger partial charge is 0.343 e. The molecule has 3 nitrogen and oxygen atoms in total. The molecule has 0 amide bonds. The summed E-state index contributed by atoms with van der Waals surface area (Å²) in [5, 5.41) is 8.54. The van der Waals surface area contributed by atoms with Crippen LogP contribution in [0.2, 0.25) is 0 Å². The zero-order chi connectivity index (χ0) is 8.15.